The van der Waals surface area contributed by atoms with Gasteiger partial charge >= 0.3 is 0 Å². The minimum absolute atomic E-state index is 0.0342. The Hall–Kier alpha value is -4.38. The van der Waals surface area contributed by atoms with E-state index in [4.69, 9.17) is 9.47 Å². The summed E-state index contributed by atoms with van der Waals surface area (Å²) < 4.78 is 12.9. The van der Waals surface area contributed by atoms with E-state index >= 15 is 0 Å². The van der Waals surface area contributed by atoms with Gasteiger partial charge in [-0.2, -0.15) is 0 Å². The number of benzene rings is 3. The van der Waals surface area contributed by atoms with Crippen LogP contribution in [-0.4, -0.2) is 38.5 Å². The smallest absolute Gasteiger partial charge is 0.271 e. The number of amides is 1. The van der Waals surface area contributed by atoms with E-state index in [2.05, 4.69) is 15.5 Å². The largest absolute Gasteiger partial charge is 0.497 e. The van der Waals surface area contributed by atoms with Gasteiger partial charge in [-0.1, -0.05) is 36.0 Å². The van der Waals surface area contributed by atoms with Crippen LogP contribution in [0.5, 0.6) is 11.5 Å². The predicted molar refractivity (Wildman–Crippen MR) is 136 cm³/mol. The number of anilines is 1. The molecule has 4 rings (SSSR count). The first-order chi connectivity index (χ1) is 17.4. The van der Waals surface area contributed by atoms with E-state index in [9.17, 15) is 14.9 Å². The molecule has 0 aliphatic rings. The van der Waals surface area contributed by atoms with E-state index in [1.165, 1.54) is 23.9 Å². The van der Waals surface area contributed by atoms with Gasteiger partial charge in [0.25, 0.3) is 5.69 Å². The van der Waals surface area contributed by atoms with Crippen LogP contribution in [0.15, 0.2) is 78.0 Å². The third-order valence-corrected chi connectivity index (χ3v) is 6.11. The number of carbonyl (C=O) groups excluding carboxylic acids is 1. The first-order valence-electron chi connectivity index (χ1n) is 10.9. The standard InChI is InChI=1S/C25H23N5O5S/c1-17-8-9-19(30(32)33)14-22(17)26-24(31)16-36-25-28-27-23(29(25)18-6-4-3-5-7-18)15-35-21-12-10-20(34-2)11-13-21/h3-14H,15-16H2,1-2H3,(H,26,31). The van der Waals surface area contributed by atoms with Crippen molar-refractivity contribution < 1.29 is 19.2 Å². The third-order valence-electron chi connectivity index (χ3n) is 5.18. The number of non-ortho nitro benzene ring substituents is 1. The fourth-order valence-electron chi connectivity index (χ4n) is 3.32. The van der Waals surface area contributed by atoms with Gasteiger partial charge in [0.05, 0.1) is 23.5 Å². The number of nitro groups is 1. The quantitative estimate of drug-likeness (QED) is 0.185. The molecule has 1 aromatic heterocycles. The topological polar surface area (TPSA) is 121 Å². The van der Waals surface area contributed by atoms with Crippen molar-refractivity contribution in [1.82, 2.24) is 14.8 Å². The average Bonchev–Trinajstić information content (AvgIpc) is 3.31. The normalized spacial score (nSPS) is 10.6. The molecule has 10 nitrogen and oxygen atoms in total. The number of hydrogen-bond acceptors (Lipinski definition) is 8. The summed E-state index contributed by atoms with van der Waals surface area (Å²) in [6.07, 6.45) is 0. The summed E-state index contributed by atoms with van der Waals surface area (Å²) in [7, 11) is 1.60. The van der Waals surface area contributed by atoms with Crippen LogP contribution in [-0.2, 0) is 11.4 Å². The van der Waals surface area contributed by atoms with Gasteiger partial charge in [0, 0.05) is 17.8 Å². The zero-order valence-corrected chi connectivity index (χ0v) is 20.4. The van der Waals surface area contributed by atoms with Crippen LogP contribution in [0, 0.1) is 17.0 Å². The van der Waals surface area contributed by atoms with Gasteiger partial charge in [-0.05, 0) is 48.9 Å². The first-order valence-corrected chi connectivity index (χ1v) is 11.9. The number of thioether (sulfide) groups is 1. The van der Waals surface area contributed by atoms with Gasteiger partial charge in [-0.25, -0.2) is 0 Å². The minimum atomic E-state index is -0.498. The summed E-state index contributed by atoms with van der Waals surface area (Å²) in [5, 5.41) is 22.9. The van der Waals surface area contributed by atoms with E-state index < -0.39 is 4.92 Å². The summed E-state index contributed by atoms with van der Waals surface area (Å²) in [4.78, 5) is 23.2. The summed E-state index contributed by atoms with van der Waals surface area (Å²) in [6.45, 7) is 1.93. The Morgan fingerprint density at radius 3 is 2.47 bits per heavy atom. The van der Waals surface area contributed by atoms with Gasteiger partial charge in [0.1, 0.15) is 18.1 Å². The SMILES string of the molecule is COc1ccc(OCc2nnc(SCC(=O)Nc3cc([N+](=O)[O-])ccc3C)n2-c2ccccc2)cc1. The maximum absolute atomic E-state index is 12.6. The van der Waals surface area contributed by atoms with Crippen molar-refractivity contribution in [2.45, 2.75) is 18.7 Å². The van der Waals surface area contributed by atoms with Crippen molar-refractivity contribution in [2.75, 3.05) is 18.2 Å². The van der Waals surface area contributed by atoms with Gasteiger partial charge in [-0.15, -0.1) is 10.2 Å². The molecule has 0 spiro atoms. The molecule has 0 saturated heterocycles. The Labute approximate surface area is 211 Å². The maximum atomic E-state index is 12.6. The Kier molecular flexibility index (Phi) is 7.81. The van der Waals surface area contributed by atoms with Crippen LogP contribution in [0.3, 0.4) is 0 Å². The summed E-state index contributed by atoms with van der Waals surface area (Å²) in [5.41, 5.74) is 1.86. The molecule has 4 aromatic rings. The molecule has 0 unspecified atom stereocenters. The number of hydrogen-bond donors (Lipinski definition) is 1. The molecule has 1 amide bonds. The number of aryl methyl sites for hydroxylation is 1. The van der Waals surface area contributed by atoms with Crippen LogP contribution in [0.4, 0.5) is 11.4 Å². The summed E-state index contributed by atoms with van der Waals surface area (Å²) in [6, 6.07) is 21.1. The predicted octanol–water partition coefficient (Wildman–Crippen LogP) is 4.80. The van der Waals surface area contributed by atoms with E-state index in [-0.39, 0.29) is 24.0 Å². The number of ether oxygens (including phenoxy) is 2. The number of para-hydroxylation sites is 1. The Morgan fingerprint density at radius 2 is 1.78 bits per heavy atom. The van der Waals surface area contributed by atoms with E-state index in [0.29, 0.717) is 22.4 Å². The van der Waals surface area contributed by atoms with Crippen molar-refractivity contribution in [2.24, 2.45) is 0 Å². The zero-order chi connectivity index (χ0) is 25.5. The average molecular weight is 506 g/mol. The van der Waals surface area contributed by atoms with Gasteiger partial charge in [0.2, 0.25) is 5.91 Å². The molecule has 0 aliphatic heterocycles. The molecular formula is C25H23N5O5S. The lowest BCUT2D eigenvalue weighted by Gasteiger charge is -2.12. The van der Waals surface area contributed by atoms with Crippen LogP contribution in [0.1, 0.15) is 11.4 Å². The molecule has 0 fully saturated rings. The highest BCUT2D eigenvalue weighted by molar-refractivity contribution is 7.99. The van der Waals surface area contributed by atoms with E-state index in [0.717, 1.165) is 17.0 Å². The van der Waals surface area contributed by atoms with Crippen LogP contribution in [0.2, 0.25) is 0 Å². The van der Waals surface area contributed by atoms with E-state index in [1.807, 2.05) is 34.9 Å². The second-order valence-corrected chi connectivity index (χ2v) is 8.57. The number of aromatic nitrogens is 3. The van der Waals surface area contributed by atoms with Gasteiger partial charge in [-0.3, -0.25) is 19.5 Å². The number of rotatable bonds is 10. The molecule has 0 radical (unpaired) electrons. The summed E-state index contributed by atoms with van der Waals surface area (Å²) in [5.74, 6) is 1.66. The highest BCUT2D eigenvalue weighted by Gasteiger charge is 2.17. The van der Waals surface area contributed by atoms with Crippen molar-refractivity contribution in [1.29, 1.82) is 0 Å². The molecule has 0 bridgehead atoms. The van der Waals surface area contributed by atoms with Gasteiger partial charge in [0.15, 0.2) is 11.0 Å². The first kappa shape index (κ1) is 24.7. The molecule has 1 N–H and O–H groups in total. The highest BCUT2D eigenvalue weighted by atomic mass is 32.2. The molecule has 0 aliphatic carbocycles. The Bertz CT molecular complexity index is 1360. The highest BCUT2D eigenvalue weighted by Crippen LogP contribution is 2.25. The second kappa shape index (κ2) is 11.4. The molecule has 0 saturated carbocycles. The monoisotopic (exact) mass is 505 g/mol. The Balaban J connectivity index is 1.48. The molecule has 11 heteroatoms. The molecular weight excluding hydrogens is 482 g/mol. The van der Waals surface area contributed by atoms with Crippen LogP contribution < -0.4 is 14.8 Å². The van der Waals surface area contributed by atoms with Crippen molar-refractivity contribution in [3.8, 4) is 17.2 Å². The Morgan fingerprint density at radius 1 is 1.06 bits per heavy atom. The third kappa shape index (κ3) is 5.99. The van der Waals surface area contributed by atoms with Crippen LogP contribution in [0.25, 0.3) is 5.69 Å². The second-order valence-electron chi connectivity index (χ2n) is 7.63. The molecule has 36 heavy (non-hydrogen) atoms. The van der Waals surface area contributed by atoms with Crippen LogP contribution >= 0.6 is 11.8 Å². The number of methoxy groups -OCH3 is 1. The lowest BCUT2D eigenvalue weighted by molar-refractivity contribution is -0.384. The summed E-state index contributed by atoms with van der Waals surface area (Å²) >= 11 is 1.20. The lowest BCUT2D eigenvalue weighted by Crippen LogP contribution is -2.15. The number of carbonyl (C=O) groups is 1. The fourth-order valence-corrected chi connectivity index (χ4v) is 4.09. The minimum Gasteiger partial charge on any atom is -0.497 e. The van der Waals surface area contributed by atoms with Gasteiger partial charge < -0.3 is 14.8 Å². The van der Waals surface area contributed by atoms with Crippen molar-refractivity contribution >= 4 is 29.0 Å². The van der Waals surface area contributed by atoms with E-state index in [1.54, 1.807) is 44.4 Å². The number of nitro benzene ring substituents is 1. The zero-order valence-electron chi connectivity index (χ0n) is 19.6. The number of nitrogens with one attached hydrogen (secondary N) is 1. The lowest BCUT2D eigenvalue weighted by atomic mass is 10.2. The molecule has 0 atom stereocenters. The number of nitrogens with zero attached hydrogens (tertiary/aromatic N) is 4. The maximum Gasteiger partial charge on any atom is 0.271 e. The molecule has 1 heterocycles. The fraction of sp³-hybridized carbons (Fsp3) is 0.160. The van der Waals surface area contributed by atoms with Crippen molar-refractivity contribution in [3.05, 3.63) is 94.3 Å². The molecule has 184 valence electrons. The van der Waals surface area contributed by atoms with Crippen molar-refractivity contribution in [3.63, 3.8) is 0 Å². The molecule has 3 aromatic carbocycles.